The lowest BCUT2D eigenvalue weighted by Crippen LogP contribution is -2.02. The summed E-state index contributed by atoms with van der Waals surface area (Å²) in [5.74, 6) is 0. The first kappa shape index (κ1) is 11.8. The Morgan fingerprint density at radius 2 is 1.53 bits per heavy atom. The van der Waals surface area contributed by atoms with Crippen molar-refractivity contribution in [3.8, 4) is 0 Å². The molecule has 1 unspecified atom stereocenters. The van der Waals surface area contributed by atoms with E-state index in [-0.39, 0.29) is 0 Å². The zero-order valence-corrected chi connectivity index (χ0v) is 9.71. The van der Waals surface area contributed by atoms with Crippen LogP contribution in [0.3, 0.4) is 0 Å². The summed E-state index contributed by atoms with van der Waals surface area (Å²) in [5.41, 5.74) is 8.70. The Labute approximate surface area is 102 Å². The summed E-state index contributed by atoms with van der Waals surface area (Å²) < 4.78 is 0. The maximum Gasteiger partial charge on any atom is 0.0830 e. The molecule has 0 aliphatic rings. The summed E-state index contributed by atoms with van der Waals surface area (Å²) in [5, 5.41) is 10.1. The van der Waals surface area contributed by atoms with E-state index in [4.69, 9.17) is 5.73 Å². The first-order chi connectivity index (χ1) is 8.29. The van der Waals surface area contributed by atoms with Crippen molar-refractivity contribution in [2.75, 3.05) is 0 Å². The molecule has 0 amide bonds. The highest BCUT2D eigenvalue weighted by molar-refractivity contribution is 5.26. The van der Waals surface area contributed by atoms with E-state index in [1.54, 1.807) is 0 Å². The van der Waals surface area contributed by atoms with Gasteiger partial charge in [-0.25, -0.2) is 0 Å². The highest BCUT2D eigenvalue weighted by Crippen LogP contribution is 2.18. The number of benzene rings is 2. The molecule has 0 saturated heterocycles. The van der Waals surface area contributed by atoms with Gasteiger partial charge in [-0.1, -0.05) is 54.6 Å². The molecule has 17 heavy (non-hydrogen) atoms. The van der Waals surface area contributed by atoms with Crippen molar-refractivity contribution in [2.24, 2.45) is 5.73 Å². The lowest BCUT2D eigenvalue weighted by atomic mass is 10.0. The van der Waals surface area contributed by atoms with E-state index in [0.29, 0.717) is 13.0 Å². The number of hydrogen-bond donors (Lipinski definition) is 2. The number of rotatable bonds is 4. The van der Waals surface area contributed by atoms with Crippen molar-refractivity contribution in [3.05, 3.63) is 71.3 Å². The van der Waals surface area contributed by atoms with Crippen LogP contribution >= 0.6 is 0 Å². The number of aliphatic hydroxyl groups is 1. The minimum Gasteiger partial charge on any atom is -0.388 e. The van der Waals surface area contributed by atoms with Gasteiger partial charge < -0.3 is 10.8 Å². The van der Waals surface area contributed by atoms with Crippen molar-refractivity contribution < 1.29 is 5.11 Å². The summed E-state index contributed by atoms with van der Waals surface area (Å²) in [6.45, 7) is 0.537. The SMILES string of the molecule is NCc1ccc(C(O)Cc2ccccc2)cc1. The Morgan fingerprint density at radius 3 is 2.12 bits per heavy atom. The van der Waals surface area contributed by atoms with Gasteiger partial charge in [0.05, 0.1) is 6.10 Å². The van der Waals surface area contributed by atoms with E-state index in [0.717, 1.165) is 16.7 Å². The Hall–Kier alpha value is -1.64. The zero-order valence-electron chi connectivity index (χ0n) is 9.71. The molecule has 2 aromatic carbocycles. The van der Waals surface area contributed by atoms with Crippen LogP contribution in [-0.4, -0.2) is 5.11 Å². The Morgan fingerprint density at radius 1 is 0.882 bits per heavy atom. The summed E-state index contributed by atoms with van der Waals surface area (Å²) >= 11 is 0. The second-order valence-corrected chi connectivity index (χ2v) is 4.15. The smallest absolute Gasteiger partial charge is 0.0830 e. The van der Waals surface area contributed by atoms with Gasteiger partial charge in [-0.15, -0.1) is 0 Å². The van der Waals surface area contributed by atoms with Crippen molar-refractivity contribution in [1.82, 2.24) is 0 Å². The van der Waals surface area contributed by atoms with Gasteiger partial charge in [0.25, 0.3) is 0 Å². The highest BCUT2D eigenvalue weighted by atomic mass is 16.3. The van der Waals surface area contributed by atoms with Crippen LogP contribution < -0.4 is 5.73 Å². The molecule has 2 rings (SSSR count). The number of hydrogen-bond acceptors (Lipinski definition) is 2. The van der Waals surface area contributed by atoms with E-state index < -0.39 is 6.10 Å². The molecule has 0 heterocycles. The molecule has 0 aromatic heterocycles. The van der Waals surface area contributed by atoms with E-state index in [9.17, 15) is 5.11 Å². The molecule has 1 atom stereocenters. The first-order valence-corrected chi connectivity index (χ1v) is 5.80. The third-order valence-electron chi connectivity index (χ3n) is 2.87. The quantitative estimate of drug-likeness (QED) is 0.842. The fourth-order valence-electron chi connectivity index (χ4n) is 1.83. The van der Waals surface area contributed by atoms with Crippen LogP contribution in [0.1, 0.15) is 22.8 Å². The predicted octanol–water partition coefficient (Wildman–Crippen LogP) is 2.42. The second kappa shape index (κ2) is 5.62. The van der Waals surface area contributed by atoms with Gasteiger partial charge in [0.1, 0.15) is 0 Å². The van der Waals surface area contributed by atoms with Gasteiger partial charge >= 0.3 is 0 Å². The minimum atomic E-state index is -0.454. The molecular weight excluding hydrogens is 210 g/mol. The molecule has 2 aromatic rings. The average molecular weight is 227 g/mol. The normalized spacial score (nSPS) is 12.4. The molecule has 0 fully saturated rings. The van der Waals surface area contributed by atoms with Crippen LogP contribution in [0.15, 0.2) is 54.6 Å². The molecule has 3 N–H and O–H groups in total. The van der Waals surface area contributed by atoms with Gasteiger partial charge in [-0.3, -0.25) is 0 Å². The van der Waals surface area contributed by atoms with Crippen LogP contribution in [0.2, 0.25) is 0 Å². The molecule has 0 spiro atoms. The fourth-order valence-corrected chi connectivity index (χ4v) is 1.83. The van der Waals surface area contributed by atoms with Crippen LogP contribution in [-0.2, 0) is 13.0 Å². The molecule has 2 nitrogen and oxygen atoms in total. The monoisotopic (exact) mass is 227 g/mol. The van der Waals surface area contributed by atoms with E-state index in [1.807, 2.05) is 54.6 Å². The van der Waals surface area contributed by atoms with Crippen LogP contribution in [0.5, 0.6) is 0 Å². The van der Waals surface area contributed by atoms with Gasteiger partial charge in [-0.2, -0.15) is 0 Å². The zero-order chi connectivity index (χ0) is 12.1. The van der Waals surface area contributed by atoms with Gasteiger partial charge in [0, 0.05) is 13.0 Å². The van der Waals surface area contributed by atoms with Crippen LogP contribution in [0, 0.1) is 0 Å². The summed E-state index contributed by atoms with van der Waals surface area (Å²) in [6, 6.07) is 17.8. The van der Waals surface area contributed by atoms with Gasteiger partial charge in [0.15, 0.2) is 0 Å². The van der Waals surface area contributed by atoms with Crippen molar-refractivity contribution in [1.29, 1.82) is 0 Å². The average Bonchev–Trinajstić information content (AvgIpc) is 2.40. The maximum absolute atomic E-state index is 10.1. The lowest BCUT2D eigenvalue weighted by Gasteiger charge is -2.11. The summed E-state index contributed by atoms with van der Waals surface area (Å²) in [6.07, 6.45) is 0.187. The fraction of sp³-hybridized carbons (Fsp3) is 0.200. The van der Waals surface area contributed by atoms with Crippen molar-refractivity contribution in [2.45, 2.75) is 19.1 Å². The predicted molar refractivity (Wildman–Crippen MR) is 69.4 cm³/mol. The van der Waals surface area contributed by atoms with Crippen LogP contribution in [0.4, 0.5) is 0 Å². The Balaban J connectivity index is 2.06. The third kappa shape index (κ3) is 3.16. The molecule has 0 bridgehead atoms. The standard InChI is InChI=1S/C15H17NO/c16-11-13-6-8-14(9-7-13)15(17)10-12-4-2-1-3-5-12/h1-9,15,17H,10-11,16H2. The molecular formula is C15H17NO. The maximum atomic E-state index is 10.1. The molecule has 0 radical (unpaired) electrons. The topological polar surface area (TPSA) is 46.2 Å². The number of aliphatic hydroxyl groups excluding tert-OH is 1. The Bertz CT molecular complexity index is 450. The van der Waals surface area contributed by atoms with E-state index in [2.05, 4.69) is 0 Å². The van der Waals surface area contributed by atoms with E-state index in [1.165, 1.54) is 0 Å². The Kier molecular flexibility index (Phi) is 3.91. The van der Waals surface area contributed by atoms with Crippen molar-refractivity contribution >= 4 is 0 Å². The summed E-state index contributed by atoms with van der Waals surface area (Å²) in [7, 11) is 0. The third-order valence-corrected chi connectivity index (χ3v) is 2.87. The number of nitrogens with two attached hydrogens (primary N) is 1. The van der Waals surface area contributed by atoms with Gasteiger partial charge in [0.2, 0.25) is 0 Å². The molecule has 88 valence electrons. The minimum absolute atomic E-state index is 0.454. The van der Waals surface area contributed by atoms with Gasteiger partial charge in [-0.05, 0) is 16.7 Å². The highest BCUT2D eigenvalue weighted by Gasteiger charge is 2.07. The lowest BCUT2D eigenvalue weighted by molar-refractivity contribution is 0.178. The van der Waals surface area contributed by atoms with Crippen LogP contribution in [0.25, 0.3) is 0 Å². The largest absolute Gasteiger partial charge is 0.388 e. The molecule has 0 saturated carbocycles. The van der Waals surface area contributed by atoms with Crippen molar-refractivity contribution in [3.63, 3.8) is 0 Å². The molecule has 0 aliphatic carbocycles. The van der Waals surface area contributed by atoms with E-state index >= 15 is 0 Å². The molecule has 2 heteroatoms. The summed E-state index contributed by atoms with van der Waals surface area (Å²) in [4.78, 5) is 0. The second-order valence-electron chi connectivity index (χ2n) is 4.15. The first-order valence-electron chi connectivity index (χ1n) is 5.80. The molecule has 0 aliphatic heterocycles.